The number of morpholine rings is 1. The third kappa shape index (κ3) is 3.39. The lowest BCUT2D eigenvalue weighted by molar-refractivity contribution is -0.101. The first-order valence-electron chi connectivity index (χ1n) is 9.22. The number of piperidine rings is 1. The third-order valence-corrected chi connectivity index (χ3v) is 5.37. The van der Waals surface area contributed by atoms with Crippen LogP contribution in [0.2, 0.25) is 0 Å². The van der Waals surface area contributed by atoms with E-state index >= 15 is 0 Å². The Morgan fingerprint density at radius 3 is 2.96 bits per heavy atom. The number of pyridine rings is 1. The molecule has 2 atom stereocenters. The van der Waals surface area contributed by atoms with E-state index in [0.29, 0.717) is 17.9 Å². The van der Waals surface area contributed by atoms with Gasteiger partial charge in [0.15, 0.2) is 0 Å². The second-order valence-electron chi connectivity index (χ2n) is 7.18. The van der Waals surface area contributed by atoms with Crippen molar-refractivity contribution in [1.29, 1.82) is 0 Å². The van der Waals surface area contributed by atoms with E-state index in [2.05, 4.69) is 16.0 Å². The van der Waals surface area contributed by atoms with Gasteiger partial charge in [-0.3, -0.25) is 14.7 Å². The van der Waals surface area contributed by atoms with E-state index in [0.717, 1.165) is 38.4 Å². The van der Waals surface area contributed by atoms with Crippen molar-refractivity contribution in [2.24, 2.45) is 0 Å². The van der Waals surface area contributed by atoms with Crippen molar-refractivity contribution in [3.05, 3.63) is 53.2 Å². The van der Waals surface area contributed by atoms with Crippen LogP contribution in [0.1, 0.15) is 33.9 Å². The number of carbonyl (C=O) groups is 1. The molecule has 0 aromatic carbocycles. The molecule has 0 spiro atoms. The van der Waals surface area contributed by atoms with Gasteiger partial charge in [0, 0.05) is 38.6 Å². The van der Waals surface area contributed by atoms with Crippen LogP contribution in [0.4, 0.5) is 0 Å². The monoisotopic (exact) mass is 355 g/mol. The molecule has 2 aliphatic heterocycles. The Morgan fingerprint density at radius 2 is 2.23 bits per heavy atom. The summed E-state index contributed by atoms with van der Waals surface area (Å²) in [5.41, 5.74) is 1.87. The number of aromatic nitrogens is 1. The molecule has 0 unspecified atom stereocenters. The number of carbonyl (C=O) groups excluding carboxylic acids is 1. The van der Waals surface area contributed by atoms with Crippen molar-refractivity contribution in [3.63, 3.8) is 0 Å². The first-order chi connectivity index (χ1) is 12.6. The molecule has 0 N–H and O–H groups in total. The summed E-state index contributed by atoms with van der Waals surface area (Å²) in [7, 11) is 0. The van der Waals surface area contributed by atoms with E-state index in [-0.39, 0.29) is 18.1 Å². The van der Waals surface area contributed by atoms with Crippen molar-refractivity contribution in [2.45, 2.75) is 39.0 Å². The van der Waals surface area contributed by atoms with Gasteiger partial charge in [-0.1, -0.05) is 6.07 Å². The van der Waals surface area contributed by atoms with Gasteiger partial charge >= 0.3 is 0 Å². The van der Waals surface area contributed by atoms with Crippen LogP contribution in [0, 0.1) is 13.8 Å². The Kier molecular flexibility index (Phi) is 4.78. The number of rotatable bonds is 3. The number of amides is 1. The molecule has 6 heteroatoms. The standard InChI is InChI=1S/C20H25N3O3/c1-14-10-17(15(2)26-14)20(24)23-7-5-19-18(13-23)22(8-9-25-19)12-16-4-3-6-21-11-16/h3-4,6,10-11,18-19H,5,7-9,12-13H2,1-2H3/t18-,19-/m0/s1. The van der Waals surface area contributed by atoms with Crippen molar-refractivity contribution in [2.75, 3.05) is 26.2 Å². The number of likely N-dealkylation sites (tertiary alicyclic amines) is 1. The SMILES string of the molecule is Cc1cc(C(=O)N2CC[C@@H]3OCCN(Cc4cccnc4)[C@H]3C2)c(C)o1. The number of nitrogens with zero attached hydrogens (tertiary/aromatic N) is 3. The van der Waals surface area contributed by atoms with Crippen molar-refractivity contribution < 1.29 is 13.9 Å². The fourth-order valence-corrected chi connectivity index (χ4v) is 4.06. The molecule has 6 nitrogen and oxygen atoms in total. The number of hydrogen-bond donors (Lipinski definition) is 0. The molecule has 0 bridgehead atoms. The molecule has 0 radical (unpaired) electrons. The smallest absolute Gasteiger partial charge is 0.257 e. The molecule has 2 aliphatic rings. The molecule has 26 heavy (non-hydrogen) atoms. The maximum atomic E-state index is 13.0. The summed E-state index contributed by atoms with van der Waals surface area (Å²) in [4.78, 5) is 21.6. The molecule has 2 aromatic heterocycles. The lowest BCUT2D eigenvalue weighted by Gasteiger charge is -2.47. The summed E-state index contributed by atoms with van der Waals surface area (Å²) in [6.07, 6.45) is 4.77. The van der Waals surface area contributed by atoms with Gasteiger partial charge in [0.2, 0.25) is 0 Å². The van der Waals surface area contributed by atoms with Gasteiger partial charge in [0.05, 0.1) is 24.3 Å². The van der Waals surface area contributed by atoms with E-state index in [1.165, 1.54) is 5.56 Å². The number of hydrogen-bond acceptors (Lipinski definition) is 5. The Hall–Kier alpha value is -2.18. The summed E-state index contributed by atoms with van der Waals surface area (Å²) in [5, 5.41) is 0. The van der Waals surface area contributed by atoms with Gasteiger partial charge in [0.25, 0.3) is 5.91 Å². The molecule has 138 valence electrons. The predicted octanol–water partition coefficient (Wildman–Crippen LogP) is 2.41. The summed E-state index contributed by atoms with van der Waals surface area (Å²) in [6, 6.07) is 6.12. The quantitative estimate of drug-likeness (QED) is 0.846. The minimum atomic E-state index is 0.0599. The molecule has 4 heterocycles. The summed E-state index contributed by atoms with van der Waals surface area (Å²) in [5.74, 6) is 1.53. The molecule has 2 aromatic rings. The molecule has 1 amide bonds. The Bertz CT molecular complexity index is 774. The fourth-order valence-electron chi connectivity index (χ4n) is 4.06. The first kappa shape index (κ1) is 17.2. The largest absolute Gasteiger partial charge is 0.466 e. The van der Waals surface area contributed by atoms with Crippen molar-refractivity contribution in [1.82, 2.24) is 14.8 Å². The Morgan fingerprint density at radius 1 is 1.35 bits per heavy atom. The summed E-state index contributed by atoms with van der Waals surface area (Å²) >= 11 is 0. The zero-order valence-corrected chi connectivity index (χ0v) is 15.4. The topological polar surface area (TPSA) is 58.8 Å². The summed E-state index contributed by atoms with van der Waals surface area (Å²) < 4.78 is 11.5. The van der Waals surface area contributed by atoms with Crippen LogP contribution in [0.15, 0.2) is 35.0 Å². The Balaban J connectivity index is 1.50. The van der Waals surface area contributed by atoms with E-state index in [9.17, 15) is 4.79 Å². The van der Waals surface area contributed by atoms with Gasteiger partial charge in [-0.25, -0.2) is 0 Å². The zero-order chi connectivity index (χ0) is 18.1. The van der Waals surface area contributed by atoms with Crippen LogP contribution in [-0.4, -0.2) is 59.1 Å². The van der Waals surface area contributed by atoms with Gasteiger partial charge in [0.1, 0.15) is 11.5 Å². The van der Waals surface area contributed by atoms with Crippen molar-refractivity contribution in [3.8, 4) is 0 Å². The molecule has 0 saturated carbocycles. The van der Waals surface area contributed by atoms with Crippen LogP contribution in [0.25, 0.3) is 0 Å². The van der Waals surface area contributed by atoms with Gasteiger partial charge in [-0.15, -0.1) is 0 Å². The highest BCUT2D eigenvalue weighted by molar-refractivity contribution is 5.95. The maximum Gasteiger partial charge on any atom is 0.257 e. The zero-order valence-electron chi connectivity index (χ0n) is 15.4. The molecule has 0 aliphatic carbocycles. The molecular weight excluding hydrogens is 330 g/mol. The van der Waals surface area contributed by atoms with E-state index in [1.54, 1.807) is 6.20 Å². The minimum Gasteiger partial charge on any atom is -0.466 e. The average molecular weight is 355 g/mol. The number of aryl methyl sites for hydroxylation is 2. The van der Waals surface area contributed by atoms with Crippen LogP contribution >= 0.6 is 0 Å². The average Bonchev–Trinajstić information content (AvgIpc) is 3.00. The lowest BCUT2D eigenvalue weighted by Crippen LogP contribution is -2.60. The fraction of sp³-hybridized carbons (Fsp3) is 0.500. The number of furan rings is 1. The van der Waals surface area contributed by atoms with E-state index in [4.69, 9.17) is 9.15 Å². The van der Waals surface area contributed by atoms with Gasteiger partial charge < -0.3 is 14.1 Å². The second-order valence-corrected chi connectivity index (χ2v) is 7.18. The van der Waals surface area contributed by atoms with E-state index in [1.807, 2.05) is 37.1 Å². The predicted molar refractivity (Wildman–Crippen MR) is 96.9 cm³/mol. The van der Waals surface area contributed by atoms with Crippen molar-refractivity contribution >= 4 is 5.91 Å². The van der Waals surface area contributed by atoms with Gasteiger partial charge in [-0.05, 0) is 38.0 Å². The molecule has 2 saturated heterocycles. The lowest BCUT2D eigenvalue weighted by atomic mass is 9.97. The Labute approximate surface area is 153 Å². The highest BCUT2D eigenvalue weighted by Crippen LogP contribution is 2.26. The molecule has 4 rings (SSSR count). The number of ether oxygens (including phenoxy) is 1. The van der Waals surface area contributed by atoms with Crippen LogP contribution in [0.5, 0.6) is 0 Å². The van der Waals surface area contributed by atoms with Crippen LogP contribution < -0.4 is 0 Å². The molecular formula is C20H25N3O3. The molecule has 2 fully saturated rings. The van der Waals surface area contributed by atoms with Crippen LogP contribution in [0.3, 0.4) is 0 Å². The van der Waals surface area contributed by atoms with Gasteiger partial charge in [-0.2, -0.15) is 0 Å². The normalized spacial score (nSPS) is 23.7. The number of fused-ring (bicyclic) bond motifs is 1. The second kappa shape index (κ2) is 7.21. The first-order valence-corrected chi connectivity index (χ1v) is 9.22. The maximum absolute atomic E-state index is 13.0. The van der Waals surface area contributed by atoms with E-state index < -0.39 is 0 Å². The highest BCUT2D eigenvalue weighted by atomic mass is 16.5. The highest BCUT2D eigenvalue weighted by Gasteiger charge is 2.39. The minimum absolute atomic E-state index is 0.0599. The third-order valence-electron chi connectivity index (χ3n) is 5.37. The summed E-state index contributed by atoms with van der Waals surface area (Å²) in [6.45, 7) is 7.60. The van der Waals surface area contributed by atoms with Crippen LogP contribution in [-0.2, 0) is 11.3 Å².